The van der Waals surface area contributed by atoms with Crippen molar-refractivity contribution >= 4 is 17.7 Å². The molecule has 0 aliphatic carbocycles. The second-order valence-corrected chi connectivity index (χ2v) is 10.5. The summed E-state index contributed by atoms with van der Waals surface area (Å²) in [6.07, 6.45) is 4.19. The molecular weight excluding hydrogens is 510 g/mol. The van der Waals surface area contributed by atoms with E-state index in [4.69, 9.17) is 9.47 Å². The van der Waals surface area contributed by atoms with Crippen LogP contribution in [-0.4, -0.2) is 32.8 Å². The molecule has 0 unspecified atom stereocenters. The van der Waals surface area contributed by atoms with Gasteiger partial charge in [0.05, 0.1) is 29.4 Å². The van der Waals surface area contributed by atoms with Crippen molar-refractivity contribution in [3.8, 4) is 0 Å². The van der Waals surface area contributed by atoms with Crippen molar-refractivity contribution in [3.63, 3.8) is 0 Å². The van der Waals surface area contributed by atoms with Crippen LogP contribution >= 0.6 is 11.8 Å². The Kier molecular flexibility index (Phi) is 9.00. The fourth-order valence-electron chi connectivity index (χ4n) is 4.48. The zero-order valence-electron chi connectivity index (χ0n) is 21.6. The first kappa shape index (κ1) is 27.0. The van der Waals surface area contributed by atoms with Crippen LogP contribution in [0.3, 0.4) is 0 Å². The predicted octanol–water partition coefficient (Wildman–Crippen LogP) is 5.48. The summed E-state index contributed by atoms with van der Waals surface area (Å²) in [5.41, 5.74) is 4.33. The number of carbonyl (C=O) groups is 1. The molecule has 2 aromatic carbocycles. The summed E-state index contributed by atoms with van der Waals surface area (Å²) in [6.45, 7) is 2.56. The SMILES string of the molecule is C[C@@H]1[C@H](CSc2ccccn2)O[C@H](c2ccc(CNC(=O)c3cccnc3)cc2)O[C@@H]1c1ccc(CO)cc1. The molecule has 0 bridgehead atoms. The second kappa shape index (κ2) is 13.0. The summed E-state index contributed by atoms with van der Waals surface area (Å²) in [5, 5.41) is 13.4. The van der Waals surface area contributed by atoms with Crippen molar-refractivity contribution < 1.29 is 19.4 Å². The Labute approximate surface area is 232 Å². The Bertz CT molecular complexity index is 1340. The molecule has 200 valence electrons. The number of hydrogen-bond donors (Lipinski definition) is 2. The minimum absolute atomic E-state index is 0.00543. The second-order valence-electron chi connectivity index (χ2n) is 9.47. The number of benzene rings is 2. The van der Waals surface area contributed by atoms with E-state index in [2.05, 4.69) is 22.2 Å². The molecule has 2 N–H and O–H groups in total. The molecule has 0 spiro atoms. The van der Waals surface area contributed by atoms with Crippen molar-refractivity contribution in [3.05, 3.63) is 125 Å². The van der Waals surface area contributed by atoms with Crippen LogP contribution in [0.25, 0.3) is 0 Å². The Morgan fingerprint density at radius 2 is 1.69 bits per heavy atom. The molecule has 1 saturated heterocycles. The number of aliphatic hydroxyl groups is 1. The molecule has 3 heterocycles. The van der Waals surface area contributed by atoms with E-state index < -0.39 is 6.29 Å². The van der Waals surface area contributed by atoms with E-state index in [1.807, 2.05) is 66.7 Å². The van der Waals surface area contributed by atoms with Gasteiger partial charge in [0.1, 0.15) is 0 Å². The van der Waals surface area contributed by atoms with Crippen molar-refractivity contribution in [1.29, 1.82) is 0 Å². The number of amides is 1. The van der Waals surface area contributed by atoms with Gasteiger partial charge in [-0.05, 0) is 41.0 Å². The number of aromatic nitrogens is 2. The number of aliphatic hydroxyl groups excluding tert-OH is 1. The number of thioether (sulfide) groups is 1. The normalized spacial score (nSPS) is 20.9. The lowest BCUT2D eigenvalue weighted by Crippen LogP contribution is -2.38. The van der Waals surface area contributed by atoms with Gasteiger partial charge in [-0.25, -0.2) is 4.98 Å². The molecule has 7 nitrogen and oxygen atoms in total. The quantitative estimate of drug-likeness (QED) is 0.271. The van der Waals surface area contributed by atoms with Crippen molar-refractivity contribution in [2.45, 2.75) is 43.6 Å². The Balaban J connectivity index is 1.30. The molecule has 39 heavy (non-hydrogen) atoms. The summed E-state index contributed by atoms with van der Waals surface area (Å²) >= 11 is 1.67. The molecule has 2 aromatic heterocycles. The predicted molar refractivity (Wildman–Crippen MR) is 150 cm³/mol. The summed E-state index contributed by atoms with van der Waals surface area (Å²) < 4.78 is 13.0. The maximum absolute atomic E-state index is 12.4. The van der Waals surface area contributed by atoms with E-state index in [0.717, 1.165) is 33.0 Å². The first-order chi connectivity index (χ1) is 19.1. The van der Waals surface area contributed by atoms with Gasteiger partial charge in [0.15, 0.2) is 6.29 Å². The van der Waals surface area contributed by atoms with E-state index in [1.54, 1.807) is 42.5 Å². The number of ether oxygens (including phenoxy) is 2. The average Bonchev–Trinajstić information content (AvgIpc) is 3.00. The van der Waals surface area contributed by atoms with Crippen molar-refractivity contribution in [1.82, 2.24) is 15.3 Å². The Morgan fingerprint density at radius 1 is 0.923 bits per heavy atom. The lowest BCUT2D eigenvalue weighted by Gasteiger charge is -2.41. The van der Waals surface area contributed by atoms with E-state index in [1.165, 1.54) is 0 Å². The lowest BCUT2D eigenvalue weighted by molar-refractivity contribution is -0.268. The van der Waals surface area contributed by atoms with Crippen LogP contribution in [0.2, 0.25) is 0 Å². The van der Waals surface area contributed by atoms with Crippen LogP contribution in [0.5, 0.6) is 0 Å². The number of nitrogens with one attached hydrogen (secondary N) is 1. The van der Waals surface area contributed by atoms with Gasteiger partial charge in [-0.3, -0.25) is 9.78 Å². The lowest BCUT2D eigenvalue weighted by atomic mass is 9.91. The number of hydrogen-bond acceptors (Lipinski definition) is 7. The van der Waals surface area contributed by atoms with Gasteiger partial charge in [0.25, 0.3) is 5.91 Å². The third-order valence-electron chi connectivity index (χ3n) is 6.79. The Hall–Kier alpha value is -3.56. The van der Waals surface area contributed by atoms with Crippen molar-refractivity contribution in [2.75, 3.05) is 5.75 Å². The average molecular weight is 542 g/mol. The van der Waals surface area contributed by atoms with Gasteiger partial charge in [0.2, 0.25) is 0 Å². The fourth-order valence-corrected chi connectivity index (χ4v) is 5.51. The molecule has 1 aliphatic heterocycles. The third kappa shape index (κ3) is 6.91. The zero-order chi connectivity index (χ0) is 27.0. The van der Waals surface area contributed by atoms with Crippen LogP contribution in [0.15, 0.2) is 102 Å². The zero-order valence-corrected chi connectivity index (χ0v) is 22.5. The topological polar surface area (TPSA) is 93.6 Å². The molecule has 4 atom stereocenters. The molecule has 8 heteroatoms. The van der Waals surface area contributed by atoms with Crippen LogP contribution in [0, 0.1) is 5.92 Å². The fraction of sp³-hybridized carbons (Fsp3) is 0.258. The maximum atomic E-state index is 12.4. The summed E-state index contributed by atoms with van der Waals surface area (Å²) in [7, 11) is 0. The molecule has 1 fully saturated rings. The number of pyridine rings is 2. The minimum atomic E-state index is -0.544. The van der Waals surface area contributed by atoms with Crippen LogP contribution in [-0.2, 0) is 22.6 Å². The largest absolute Gasteiger partial charge is 0.392 e. The summed E-state index contributed by atoms with van der Waals surface area (Å²) in [4.78, 5) is 20.8. The minimum Gasteiger partial charge on any atom is -0.392 e. The number of carbonyl (C=O) groups excluding carboxylic acids is 1. The van der Waals surface area contributed by atoms with E-state index >= 15 is 0 Å². The van der Waals surface area contributed by atoms with E-state index in [0.29, 0.717) is 12.1 Å². The molecule has 5 rings (SSSR count). The van der Waals surface area contributed by atoms with E-state index in [9.17, 15) is 9.90 Å². The molecule has 0 saturated carbocycles. The standard InChI is InChI=1S/C31H31N3O4S/c1-21-27(20-39-28-6-2-3-16-33-28)37-31(38-29(21)24-11-9-23(19-35)10-12-24)25-13-7-22(8-14-25)17-34-30(36)26-5-4-15-32-18-26/h2-16,18,21,27,29,31,35H,17,19-20H2,1H3,(H,34,36)/t21-,27+,29+,31+/m1/s1. The summed E-state index contributed by atoms with van der Waals surface area (Å²) in [6, 6.07) is 25.2. The number of rotatable bonds is 9. The molecule has 1 amide bonds. The summed E-state index contributed by atoms with van der Waals surface area (Å²) in [5.74, 6) is 0.671. The smallest absolute Gasteiger partial charge is 0.253 e. The third-order valence-corrected chi connectivity index (χ3v) is 7.82. The van der Waals surface area contributed by atoms with Crippen LogP contribution < -0.4 is 5.32 Å². The number of nitrogens with zero attached hydrogens (tertiary/aromatic N) is 2. The molecule has 1 aliphatic rings. The molecule has 4 aromatic rings. The van der Waals surface area contributed by atoms with Crippen LogP contribution in [0.4, 0.5) is 0 Å². The molecule has 0 radical (unpaired) electrons. The highest BCUT2D eigenvalue weighted by molar-refractivity contribution is 7.99. The van der Waals surface area contributed by atoms with Gasteiger partial charge in [0, 0.05) is 42.4 Å². The first-order valence-electron chi connectivity index (χ1n) is 12.9. The van der Waals surface area contributed by atoms with Gasteiger partial charge < -0.3 is 19.9 Å². The highest BCUT2D eigenvalue weighted by atomic mass is 32.2. The van der Waals surface area contributed by atoms with Gasteiger partial charge in [-0.2, -0.15) is 0 Å². The first-order valence-corrected chi connectivity index (χ1v) is 13.9. The molecular formula is C31H31N3O4S. The van der Waals surface area contributed by atoms with Crippen molar-refractivity contribution in [2.24, 2.45) is 5.92 Å². The highest BCUT2D eigenvalue weighted by Gasteiger charge is 2.38. The van der Waals surface area contributed by atoms with Crippen LogP contribution in [0.1, 0.15) is 51.9 Å². The van der Waals surface area contributed by atoms with Gasteiger partial charge in [-0.1, -0.05) is 61.5 Å². The van der Waals surface area contributed by atoms with Gasteiger partial charge >= 0.3 is 0 Å². The highest BCUT2D eigenvalue weighted by Crippen LogP contribution is 2.42. The maximum Gasteiger partial charge on any atom is 0.253 e. The monoisotopic (exact) mass is 541 g/mol. The van der Waals surface area contributed by atoms with E-state index in [-0.39, 0.29) is 30.6 Å². The Morgan fingerprint density at radius 3 is 2.38 bits per heavy atom. The van der Waals surface area contributed by atoms with Gasteiger partial charge in [-0.15, -0.1) is 11.8 Å².